The molecule has 4 rings (SSSR count). The third-order valence-corrected chi connectivity index (χ3v) is 5.63. The molecule has 2 heterocycles. The number of thiophene rings is 1. The van der Waals surface area contributed by atoms with Gasteiger partial charge in [-0.15, -0.1) is 11.3 Å². The zero-order chi connectivity index (χ0) is 14.4. The van der Waals surface area contributed by atoms with Crippen LogP contribution in [0.15, 0.2) is 40.7 Å². The van der Waals surface area contributed by atoms with Crippen molar-refractivity contribution in [1.29, 1.82) is 0 Å². The molecule has 0 radical (unpaired) electrons. The molecule has 0 amide bonds. The number of nitrogens with two attached hydrogens (primary N) is 1. The van der Waals surface area contributed by atoms with Crippen LogP contribution in [0.25, 0.3) is 0 Å². The molecule has 3 nitrogen and oxygen atoms in total. The van der Waals surface area contributed by atoms with E-state index in [-0.39, 0.29) is 5.54 Å². The molecule has 0 bridgehead atoms. The van der Waals surface area contributed by atoms with E-state index in [1.807, 2.05) is 0 Å². The molecule has 21 heavy (non-hydrogen) atoms. The van der Waals surface area contributed by atoms with Crippen molar-refractivity contribution >= 4 is 17.3 Å². The predicted molar refractivity (Wildman–Crippen MR) is 87.5 cm³/mol. The molecule has 1 aromatic carbocycles. The summed E-state index contributed by atoms with van der Waals surface area (Å²) in [7, 11) is 0. The maximum Gasteiger partial charge on any atom is 0.192 e. The number of benzene rings is 1. The zero-order valence-corrected chi connectivity index (χ0v) is 13.0. The molecule has 1 atom stereocenters. The Kier molecular flexibility index (Phi) is 2.82. The number of aryl methyl sites for hydroxylation is 2. The lowest BCUT2D eigenvalue weighted by Gasteiger charge is -2.37. The summed E-state index contributed by atoms with van der Waals surface area (Å²) in [5, 5.41) is 2.12. The predicted octanol–water partition coefficient (Wildman–Crippen LogP) is 3.03. The summed E-state index contributed by atoms with van der Waals surface area (Å²) in [6, 6.07) is 11.1. The van der Waals surface area contributed by atoms with Gasteiger partial charge in [-0.25, -0.2) is 0 Å². The maximum atomic E-state index is 6.23. The highest BCUT2D eigenvalue weighted by Gasteiger charge is 2.47. The van der Waals surface area contributed by atoms with Crippen LogP contribution in [0.2, 0.25) is 0 Å². The van der Waals surface area contributed by atoms with E-state index in [1.165, 1.54) is 21.6 Å². The molecule has 2 N–H and O–H groups in total. The molecule has 1 aliphatic carbocycles. The highest BCUT2D eigenvalue weighted by Crippen LogP contribution is 2.45. The molecule has 0 saturated carbocycles. The van der Waals surface area contributed by atoms with Crippen molar-refractivity contribution in [3.05, 3.63) is 57.3 Å². The van der Waals surface area contributed by atoms with Gasteiger partial charge in [0, 0.05) is 4.88 Å². The third-order valence-electron chi connectivity index (χ3n) is 4.76. The summed E-state index contributed by atoms with van der Waals surface area (Å²) in [5.74, 6) is 0.692. The summed E-state index contributed by atoms with van der Waals surface area (Å²) in [5.41, 5.74) is 10.4. The summed E-state index contributed by atoms with van der Waals surface area (Å²) in [6.07, 6.45) is 2.24. The van der Waals surface area contributed by atoms with Crippen molar-refractivity contribution in [2.75, 3.05) is 6.54 Å². The molecular weight excluding hydrogens is 278 g/mol. The van der Waals surface area contributed by atoms with Crippen LogP contribution in [0, 0.1) is 6.92 Å². The van der Waals surface area contributed by atoms with E-state index >= 15 is 0 Å². The van der Waals surface area contributed by atoms with Gasteiger partial charge in [0.25, 0.3) is 0 Å². The SMILES string of the molecule is Cc1ccc2c(c1)C1(CC2)CN=C(N)N1Cc1cccs1. The lowest BCUT2D eigenvalue weighted by atomic mass is 9.89. The van der Waals surface area contributed by atoms with Gasteiger partial charge in [0.15, 0.2) is 5.96 Å². The molecule has 1 spiro atoms. The smallest absolute Gasteiger partial charge is 0.192 e. The molecule has 108 valence electrons. The standard InChI is InChI=1S/C17H19N3S/c1-12-4-5-13-6-7-17(15(13)9-12)11-19-16(18)20(17)10-14-3-2-8-21-14/h2-5,8-9H,6-7,10-11H2,1H3,(H2,18,19). The molecule has 4 heteroatoms. The summed E-state index contributed by atoms with van der Waals surface area (Å²) in [6.45, 7) is 3.82. The average Bonchev–Trinajstić information content (AvgIpc) is 3.17. The fourth-order valence-corrected chi connectivity index (χ4v) is 4.35. The number of nitrogens with zero attached hydrogens (tertiary/aromatic N) is 2. The van der Waals surface area contributed by atoms with E-state index in [9.17, 15) is 0 Å². The van der Waals surface area contributed by atoms with E-state index in [0.717, 1.165) is 25.9 Å². The van der Waals surface area contributed by atoms with Crippen LogP contribution >= 0.6 is 11.3 Å². The van der Waals surface area contributed by atoms with Gasteiger partial charge < -0.3 is 10.6 Å². The summed E-state index contributed by atoms with van der Waals surface area (Å²) < 4.78 is 0. The molecule has 1 aliphatic heterocycles. The van der Waals surface area contributed by atoms with Crippen molar-refractivity contribution < 1.29 is 0 Å². The van der Waals surface area contributed by atoms with Crippen LogP contribution in [0.4, 0.5) is 0 Å². The Morgan fingerprint density at radius 3 is 3.10 bits per heavy atom. The van der Waals surface area contributed by atoms with Gasteiger partial charge in [0.2, 0.25) is 0 Å². The number of guanidine groups is 1. The van der Waals surface area contributed by atoms with Crippen molar-refractivity contribution in [2.24, 2.45) is 10.7 Å². The molecule has 2 aliphatic rings. The van der Waals surface area contributed by atoms with Gasteiger partial charge in [-0.1, -0.05) is 29.8 Å². The summed E-state index contributed by atoms with van der Waals surface area (Å²) in [4.78, 5) is 8.25. The molecule has 2 aromatic rings. The molecular formula is C17H19N3S. The van der Waals surface area contributed by atoms with Crippen LogP contribution in [-0.4, -0.2) is 17.4 Å². The van der Waals surface area contributed by atoms with Crippen LogP contribution < -0.4 is 5.73 Å². The van der Waals surface area contributed by atoms with Crippen molar-refractivity contribution in [3.63, 3.8) is 0 Å². The first-order valence-corrected chi connectivity index (χ1v) is 8.27. The van der Waals surface area contributed by atoms with E-state index in [2.05, 4.69) is 52.5 Å². The van der Waals surface area contributed by atoms with E-state index < -0.39 is 0 Å². The number of fused-ring (bicyclic) bond motifs is 2. The first-order valence-electron chi connectivity index (χ1n) is 7.39. The lowest BCUT2D eigenvalue weighted by molar-refractivity contribution is 0.195. The zero-order valence-electron chi connectivity index (χ0n) is 12.2. The van der Waals surface area contributed by atoms with Gasteiger partial charge in [-0.05, 0) is 42.3 Å². The van der Waals surface area contributed by atoms with E-state index in [1.54, 1.807) is 11.3 Å². The Bertz CT molecular complexity index is 705. The van der Waals surface area contributed by atoms with Crippen molar-refractivity contribution in [2.45, 2.75) is 31.8 Å². The number of aliphatic imine (C=N–C) groups is 1. The summed E-state index contributed by atoms with van der Waals surface area (Å²) >= 11 is 1.79. The van der Waals surface area contributed by atoms with Gasteiger partial charge in [0.1, 0.15) is 0 Å². The fraction of sp³-hybridized carbons (Fsp3) is 0.353. The van der Waals surface area contributed by atoms with Crippen LogP contribution in [0.3, 0.4) is 0 Å². The van der Waals surface area contributed by atoms with Crippen LogP contribution in [0.5, 0.6) is 0 Å². The Morgan fingerprint density at radius 1 is 1.38 bits per heavy atom. The Labute approximate surface area is 129 Å². The van der Waals surface area contributed by atoms with Gasteiger partial charge >= 0.3 is 0 Å². The van der Waals surface area contributed by atoms with Crippen molar-refractivity contribution in [3.8, 4) is 0 Å². The Balaban J connectivity index is 1.76. The normalized spacial score (nSPS) is 23.7. The second-order valence-corrected chi connectivity index (χ2v) is 7.06. The lowest BCUT2D eigenvalue weighted by Crippen LogP contribution is -2.47. The third kappa shape index (κ3) is 1.89. The minimum atomic E-state index is -0.0184. The Hall–Kier alpha value is -1.81. The van der Waals surface area contributed by atoms with Crippen LogP contribution in [-0.2, 0) is 18.5 Å². The minimum absolute atomic E-state index is 0.0184. The molecule has 1 aromatic heterocycles. The number of hydrogen-bond donors (Lipinski definition) is 1. The fourth-order valence-electron chi connectivity index (χ4n) is 3.65. The average molecular weight is 297 g/mol. The first kappa shape index (κ1) is 12.9. The number of rotatable bonds is 2. The highest BCUT2D eigenvalue weighted by molar-refractivity contribution is 7.09. The molecule has 0 fully saturated rings. The maximum absolute atomic E-state index is 6.23. The largest absolute Gasteiger partial charge is 0.370 e. The monoisotopic (exact) mass is 297 g/mol. The topological polar surface area (TPSA) is 41.6 Å². The van der Waals surface area contributed by atoms with Crippen molar-refractivity contribution in [1.82, 2.24) is 4.90 Å². The van der Waals surface area contributed by atoms with Crippen LogP contribution in [0.1, 0.15) is 28.0 Å². The second-order valence-electron chi connectivity index (χ2n) is 6.03. The second kappa shape index (κ2) is 4.60. The minimum Gasteiger partial charge on any atom is -0.370 e. The van der Waals surface area contributed by atoms with E-state index in [0.29, 0.717) is 5.96 Å². The van der Waals surface area contributed by atoms with Gasteiger partial charge in [-0.3, -0.25) is 4.99 Å². The molecule has 0 saturated heterocycles. The highest BCUT2D eigenvalue weighted by atomic mass is 32.1. The molecule has 1 unspecified atom stereocenters. The first-order chi connectivity index (χ1) is 10.2. The van der Waals surface area contributed by atoms with E-state index in [4.69, 9.17) is 5.73 Å². The van der Waals surface area contributed by atoms with Gasteiger partial charge in [0.05, 0.1) is 18.6 Å². The van der Waals surface area contributed by atoms with Gasteiger partial charge in [-0.2, -0.15) is 0 Å². The quantitative estimate of drug-likeness (QED) is 0.925. The number of hydrogen-bond acceptors (Lipinski definition) is 4. The Morgan fingerprint density at radius 2 is 2.29 bits per heavy atom.